The summed E-state index contributed by atoms with van der Waals surface area (Å²) in [5.41, 5.74) is 0.888. The largest absolute Gasteiger partial charge is 0.466 e. The molecule has 18 heavy (non-hydrogen) atoms. The number of hydrogen-bond donors (Lipinski definition) is 0. The third kappa shape index (κ3) is 3.00. The first-order valence-electron chi connectivity index (χ1n) is 6.29. The Balaban J connectivity index is 1.90. The lowest BCUT2D eigenvalue weighted by molar-refractivity contribution is -0.148. The zero-order valence-corrected chi connectivity index (χ0v) is 10.5. The number of halogens is 1. The van der Waals surface area contributed by atoms with Crippen molar-refractivity contribution < 1.29 is 13.9 Å². The number of rotatable bonds is 3. The highest BCUT2D eigenvalue weighted by Gasteiger charge is 2.25. The van der Waals surface area contributed by atoms with E-state index >= 15 is 0 Å². The second kappa shape index (κ2) is 5.85. The molecule has 0 aliphatic carbocycles. The molecule has 0 N–H and O–H groups in total. The fraction of sp³-hybridized carbons (Fsp3) is 0.500. The predicted octanol–water partition coefficient (Wildman–Crippen LogP) is 2.41. The van der Waals surface area contributed by atoms with Gasteiger partial charge in [-0.1, -0.05) is 0 Å². The summed E-state index contributed by atoms with van der Waals surface area (Å²) in [6.07, 6.45) is 1.56. The van der Waals surface area contributed by atoms with E-state index in [-0.39, 0.29) is 17.7 Å². The van der Waals surface area contributed by atoms with Crippen LogP contribution in [0.4, 0.5) is 10.1 Å². The molecule has 1 heterocycles. The maximum absolute atomic E-state index is 12.8. The topological polar surface area (TPSA) is 29.5 Å². The Morgan fingerprint density at radius 3 is 2.78 bits per heavy atom. The molecule has 1 aromatic rings. The summed E-state index contributed by atoms with van der Waals surface area (Å²) >= 11 is 0. The first kappa shape index (κ1) is 12.9. The Bertz CT molecular complexity index is 397. The van der Waals surface area contributed by atoms with E-state index in [2.05, 4.69) is 11.0 Å². The van der Waals surface area contributed by atoms with Gasteiger partial charge in [-0.3, -0.25) is 4.79 Å². The maximum Gasteiger partial charge on any atom is 0.309 e. The van der Waals surface area contributed by atoms with Gasteiger partial charge in [-0.25, -0.2) is 4.39 Å². The van der Waals surface area contributed by atoms with Gasteiger partial charge >= 0.3 is 5.97 Å². The van der Waals surface area contributed by atoms with Crippen LogP contribution in [-0.2, 0) is 9.53 Å². The summed E-state index contributed by atoms with van der Waals surface area (Å²) in [6, 6.07) is 7.41. The Hall–Kier alpha value is -1.58. The fourth-order valence-electron chi connectivity index (χ4n) is 2.21. The lowest BCUT2D eigenvalue weighted by atomic mass is 9.96. The van der Waals surface area contributed by atoms with Crippen LogP contribution in [0.15, 0.2) is 18.2 Å². The van der Waals surface area contributed by atoms with Gasteiger partial charge in [0, 0.05) is 24.8 Å². The Morgan fingerprint density at radius 1 is 1.50 bits per heavy atom. The molecule has 0 aromatic heterocycles. The highest BCUT2D eigenvalue weighted by molar-refractivity contribution is 5.72. The van der Waals surface area contributed by atoms with Crippen molar-refractivity contribution in [3.63, 3.8) is 0 Å². The molecule has 0 atom stereocenters. The maximum atomic E-state index is 12.8. The number of esters is 1. The van der Waals surface area contributed by atoms with Gasteiger partial charge in [0.2, 0.25) is 0 Å². The van der Waals surface area contributed by atoms with Crippen molar-refractivity contribution in [1.82, 2.24) is 0 Å². The molecule has 1 aromatic carbocycles. The molecule has 2 rings (SSSR count). The van der Waals surface area contributed by atoms with E-state index in [1.807, 2.05) is 6.92 Å². The van der Waals surface area contributed by atoms with Crippen LogP contribution in [-0.4, -0.2) is 25.7 Å². The Labute approximate surface area is 107 Å². The molecule has 1 radical (unpaired) electrons. The summed E-state index contributed by atoms with van der Waals surface area (Å²) in [4.78, 5) is 13.7. The summed E-state index contributed by atoms with van der Waals surface area (Å²) in [7, 11) is 0. The molecule has 1 aliphatic rings. The molecule has 0 bridgehead atoms. The van der Waals surface area contributed by atoms with Crippen molar-refractivity contribution >= 4 is 11.7 Å². The van der Waals surface area contributed by atoms with E-state index < -0.39 is 0 Å². The number of carbonyl (C=O) groups excluding carboxylic acids is 1. The Morgan fingerprint density at radius 2 is 2.22 bits per heavy atom. The lowest BCUT2D eigenvalue weighted by Gasteiger charge is -2.32. The van der Waals surface area contributed by atoms with Gasteiger partial charge in [-0.15, -0.1) is 0 Å². The average Bonchev–Trinajstić information content (AvgIpc) is 2.40. The first-order chi connectivity index (χ1) is 8.70. The number of anilines is 1. The molecular weight excluding hydrogens is 233 g/mol. The summed E-state index contributed by atoms with van der Waals surface area (Å²) in [6.45, 7) is 3.82. The lowest BCUT2D eigenvalue weighted by Crippen LogP contribution is -2.37. The van der Waals surface area contributed by atoms with Crippen LogP contribution < -0.4 is 4.90 Å². The van der Waals surface area contributed by atoms with Crippen molar-refractivity contribution in [3.8, 4) is 0 Å². The van der Waals surface area contributed by atoms with Crippen molar-refractivity contribution in [2.45, 2.75) is 19.8 Å². The van der Waals surface area contributed by atoms with Gasteiger partial charge in [0.25, 0.3) is 0 Å². The van der Waals surface area contributed by atoms with Crippen LogP contribution in [0.5, 0.6) is 0 Å². The number of ether oxygens (including phenoxy) is 1. The van der Waals surface area contributed by atoms with Crippen LogP contribution in [0.3, 0.4) is 0 Å². The van der Waals surface area contributed by atoms with Crippen LogP contribution in [0, 0.1) is 17.8 Å². The van der Waals surface area contributed by atoms with Crippen LogP contribution in [0.25, 0.3) is 0 Å². The van der Waals surface area contributed by atoms with E-state index in [9.17, 15) is 9.18 Å². The van der Waals surface area contributed by atoms with Gasteiger partial charge in [0.15, 0.2) is 0 Å². The minimum atomic E-state index is -0.278. The number of carbonyl (C=O) groups is 1. The number of piperidine rings is 1. The van der Waals surface area contributed by atoms with Crippen LogP contribution in [0.2, 0.25) is 0 Å². The highest BCUT2D eigenvalue weighted by Crippen LogP contribution is 2.23. The standard InChI is InChI=1S/C14H17FNO2/c1-2-18-14(17)11-7-9-16(10-8-11)13-5-3-12(15)4-6-13/h3-5,11H,2,7-10H2,1H3. The number of benzene rings is 1. The van der Waals surface area contributed by atoms with E-state index in [0.717, 1.165) is 31.6 Å². The molecule has 0 unspecified atom stereocenters. The number of hydrogen-bond acceptors (Lipinski definition) is 3. The van der Waals surface area contributed by atoms with Gasteiger partial charge in [-0.05, 0) is 38.0 Å². The monoisotopic (exact) mass is 250 g/mol. The molecule has 0 saturated carbocycles. The van der Waals surface area contributed by atoms with E-state index in [0.29, 0.717) is 6.61 Å². The van der Waals surface area contributed by atoms with Crippen molar-refractivity contribution in [1.29, 1.82) is 0 Å². The van der Waals surface area contributed by atoms with Crippen molar-refractivity contribution in [2.24, 2.45) is 5.92 Å². The molecule has 1 saturated heterocycles. The minimum absolute atomic E-state index is 0.00153. The fourth-order valence-corrected chi connectivity index (χ4v) is 2.21. The molecule has 4 heteroatoms. The molecule has 1 fully saturated rings. The average molecular weight is 250 g/mol. The summed E-state index contributed by atoms with van der Waals surface area (Å²) in [5.74, 6) is -0.373. The van der Waals surface area contributed by atoms with Crippen molar-refractivity contribution in [3.05, 3.63) is 30.1 Å². The van der Waals surface area contributed by atoms with E-state index in [1.54, 1.807) is 6.07 Å². The third-order valence-electron chi connectivity index (χ3n) is 3.21. The molecule has 97 valence electrons. The van der Waals surface area contributed by atoms with Gasteiger partial charge in [-0.2, -0.15) is 0 Å². The normalized spacial score (nSPS) is 16.7. The Kier molecular flexibility index (Phi) is 4.18. The third-order valence-corrected chi connectivity index (χ3v) is 3.21. The number of nitrogens with zero attached hydrogens (tertiary/aromatic N) is 1. The highest BCUT2D eigenvalue weighted by atomic mass is 19.1. The van der Waals surface area contributed by atoms with Crippen LogP contribution >= 0.6 is 0 Å². The first-order valence-corrected chi connectivity index (χ1v) is 6.29. The molecule has 3 nitrogen and oxygen atoms in total. The van der Waals surface area contributed by atoms with Gasteiger partial charge in [0.05, 0.1) is 12.5 Å². The van der Waals surface area contributed by atoms with E-state index in [1.165, 1.54) is 12.1 Å². The molecule has 0 spiro atoms. The zero-order valence-electron chi connectivity index (χ0n) is 10.5. The van der Waals surface area contributed by atoms with Crippen LogP contribution in [0.1, 0.15) is 19.8 Å². The summed E-state index contributed by atoms with van der Waals surface area (Å²) < 4.78 is 17.8. The zero-order chi connectivity index (χ0) is 13.0. The smallest absolute Gasteiger partial charge is 0.309 e. The molecule has 0 amide bonds. The second-order valence-corrected chi connectivity index (χ2v) is 4.41. The predicted molar refractivity (Wildman–Crippen MR) is 66.8 cm³/mol. The SMILES string of the molecule is CCOC(=O)C1CCN(c2[c]cc(F)cc2)CC1. The molecule has 1 aliphatic heterocycles. The molecular formula is C14H17FNO2. The van der Waals surface area contributed by atoms with E-state index in [4.69, 9.17) is 4.74 Å². The van der Waals surface area contributed by atoms with Gasteiger partial charge < -0.3 is 9.64 Å². The van der Waals surface area contributed by atoms with Crippen molar-refractivity contribution in [2.75, 3.05) is 24.6 Å². The van der Waals surface area contributed by atoms with Gasteiger partial charge in [0.1, 0.15) is 5.82 Å². The second-order valence-electron chi connectivity index (χ2n) is 4.41. The summed E-state index contributed by atoms with van der Waals surface area (Å²) in [5, 5.41) is 0. The quantitative estimate of drug-likeness (QED) is 0.771. The minimum Gasteiger partial charge on any atom is -0.466 e.